The molecule has 0 aliphatic carbocycles. The zero-order valence-electron chi connectivity index (χ0n) is 15.3. The minimum absolute atomic E-state index is 0.000299. The fraction of sp³-hybridized carbons (Fsp3) is 0.421. The zero-order chi connectivity index (χ0) is 19.4. The molecule has 1 aliphatic heterocycles. The minimum atomic E-state index is -0.871. The third-order valence-corrected chi connectivity index (χ3v) is 5.56. The van der Waals surface area contributed by atoms with Gasteiger partial charge in [-0.05, 0) is 31.0 Å². The first-order chi connectivity index (χ1) is 13.0. The summed E-state index contributed by atoms with van der Waals surface area (Å²) in [4.78, 5) is 29.8. The van der Waals surface area contributed by atoms with Crippen molar-refractivity contribution < 1.29 is 24.2 Å². The molecule has 2 aromatic rings. The topological polar surface area (TPSA) is 89.0 Å². The molecule has 2 heterocycles. The Morgan fingerprint density at radius 3 is 2.78 bits per heavy atom. The molecule has 1 saturated heterocycles. The van der Waals surface area contributed by atoms with Crippen molar-refractivity contribution in [3.63, 3.8) is 0 Å². The smallest absolute Gasteiger partial charge is 0.305 e. The lowest BCUT2D eigenvalue weighted by Crippen LogP contribution is -2.37. The minimum Gasteiger partial charge on any atom is -0.493 e. The molecule has 7 nitrogen and oxygen atoms in total. The van der Waals surface area contributed by atoms with Crippen molar-refractivity contribution in [2.45, 2.75) is 31.7 Å². The van der Waals surface area contributed by atoms with Crippen molar-refractivity contribution in [2.24, 2.45) is 0 Å². The van der Waals surface area contributed by atoms with Crippen LogP contribution in [0.1, 0.15) is 25.0 Å². The quantitative estimate of drug-likeness (QED) is 0.782. The second-order valence-corrected chi connectivity index (χ2v) is 7.23. The van der Waals surface area contributed by atoms with E-state index in [1.807, 2.05) is 23.6 Å². The molecule has 1 atom stereocenters. The van der Waals surface area contributed by atoms with Crippen LogP contribution in [0.15, 0.2) is 23.6 Å². The fourth-order valence-electron chi connectivity index (χ4n) is 3.32. The van der Waals surface area contributed by atoms with Crippen LogP contribution in [0, 0.1) is 0 Å². The highest BCUT2D eigenvalue weighted by Gasteiger charge is 2.30. The molecular weight excluding hydrogens is 368 g/mol. The molecule has 1 aromatic heterocycles. The summed E-state index contributed by atoms with van der Waals surface area (Å²) < 4.78 is 10.6. The van der Waals surface area contributed by atoms with Crippen molar-refractivity contribution >= 4 is 23.2 Å². The van der Waals surface area contributed by atoms with Crippen molar-refractivity contribution in [2.75, 3.05) is 20.8 Å². The summed E-state index contributed by atoms with van der Waals surface area (Å²) >= 11 is 1.46. The van der Waals surface area contributed by atoms with Gasteiger partial charge >= 0.3 is 5.97 Å². The van der Waals surface area contributed by atoms with Crippen LogP contribution in [0.4, 0.5) is 0 Å². The molecule has 0 saturated carbocycles. The Balaban J connectivity index is 1.71. The van der Waals surface area contributed by atoms with Gasteiger partial charge < -0.3 is 19.5 Å². The third kappa shape index (κ3) is 4.39. The van der Waals surface area contributed by atoms with Crippen LogP contribution in [0.25, 0.3) is 10.6 Å². The van der Waals surface area contributed by atoms with E-state index in [9.17, 15) is 9.59 Å². The van der Waals surface area contributed by atoms with Gasteiger partial charge in [-0.15, -0.1) is 11.3 Å². The van der Waals surface area contributed by atoms with Gasteiger partial charge in [0.15, 0.2) is 11.5 Å². The largest absolute Gasteiger partial charge is 0.493 e. The zero-order valence-corrected chi connectivity index (χ0v) is 16.1. The summed E-state index contributed by atoms with van der Waals surface area (Å²) in [5, 5.41) is 11.7. The molecule has 0 radical (unpaired) electrons. The number of carboxylic acids is 1. The van der Waals surface area contributed by atoms with E-state index in [1.54, 1.807) is 19.1 Å². The Labute approximate surface area is 161 Å². The molecule has 27 heavy (non-hydrogen) atoms. The molecule has 3 rings (SSSR count). The highest BCUT2D eigenvalue weighted by Crippen LogP contribution is 2.33. The van der Waals surface area contributed by atoms with E-state index in [-0.39, 0.29) is 24.8 Å². The van der Waals surface area contributed by atoms with Crippen LogP contribution < -0.4 is 9.47 Å². The number of carbonyl (C=O) groups excluding carboxylic acids is 1. The highest BCUT2D eigenvalue weighted by atomic mass is 32.1. The Morgan fingerprint density at radius 2 is 2.07 bits per heavy atom. The highest BCUT2D eigenvalue weighted by molar-refractivity contribution is 7.13. The number of hydrogen-bond donors (Lipinski definition) is 1. The predicted molar refractivity (Wildman–Crippen MR) is 101 cm³/mol. The Kier molecular flexibility index (Phi) is 5.95. The van der Waals surface area contributed by atoms with Crippen LogP contribution in [0.5, 0.6) is 11.5 Å². The number of nitrogens with zero attached hydrogens (tertiary/aromatic N) is 2. The van der Waals surface area contributed by atoms with Crippen LogP contribution in [0.2, 0.25) is 0 Å². The van der Waals surface area contributed by atoms with Crippen molar-refractivity contribution in [1.29, 1.82) is 0 Å². The van der Waals surface area contributed by atoms with E-state index < -0.39 is 5.97 Å². The summed E-state index contributed by atoms with van der Waals surface area (Å²) in [6.45, 7) is 0.615. The number of aliphatic carboxylic acids is 1. The standard InChI is InChI=1S/C19H22N2O5S/c1-25-15-6-5-12(8-16(15)26-2)19-20-13(11-27-19)9-17(22)21-7-3-4-14(21)10-18(23)24/h5-6,8,11,14H,3-4,7,9-10H2,1-2H3,(H,23,24). The summed E-state index contributed by atoms with van der Waals surface area (Å²) in [5.41, 5.74) is 1.58. The number of ether oxygens (including phenoxy) is 2. The van der Waals surface area contributed by atoms with Crippen molar-refractivity contribution in [3.05, 3.63) is 29.3 Å². The van der Waals surface area contributed by atoms with Crippen molar-refractivity contribution in [1.82, 2.24) is 9.88 Å². The third-order valence-electron chi connectivity index (χ3n) is 4.62. The first-order valence-electron chi connectivity index (χ1n) is 8.70. The number of likely N-dealkylation sites (tertiary alicyclic amines) is 1. The average Bonchev–Trinajstić information content (AvgIpc) is 3.30. The number of benzene rings is 1. The Hall–Kier alpha value is -2.61. The Bertz CT molecular complexity index is 835. The maximum absolute atomic E-state index is 12.6. The summed E-state index contributed by atoms with van der Waals surface area (Å²) in [6.07, 6.45) is 1.77. The lowest BCUT2D eigenvalue weighted by Gasteiger charge is -2.23. The number of methoxy groups -OCH3 is 2. The van der Waals surface area contributed by atoms with Gasteiger partial charge in [-0.2, -0.15) is 0 Å². The normalized spacial score (nSPS) is 16.4. The molecule has 1 N–H and O–H groups in total. The van der Waals surface area contributed by atoms with Crippen LogP contribution >= 0.6 is 11.3 Å². The molecule has 1 fully saturated rings. The van der Waals surface area contributed by atoms with Crippen LogP contribution in [-0.4, -0.2) is 53.7 Å². The van der Waals surface area contributed by atoms with Gasteiger partial charge in [0.25, 0.3) is 0 Å². The van der Waals surface area contributed by atoms with Gasteiger partial charge in [-0.3, -0.25) is 9.59 Å². The van der Waals surface area contributed by atoms with E-state index in [0.717, 1.165) is 23.4 Å². The number of thiazole rings is 1. The molecule has 0 bridgehead atoms. The van der Waals surface area contributed by atoms with Gasteiger partial charge in [0.1, 0.15) is 5.01 Å². The predicted octanol–water partition coefficient (Wildman–Crippen LogP) is 2.84. The maximum Gasteiger partial charge on any atom is 0.305 e. The van der Waals surface area contributed by atoms with Gasteiger partial charge in [0, 0.05) is 23.5 Å². The van der Waals surface area contributed by atoms with E-state index in [2.05, 4.69) is 4.98 Å². The SMILES string of the molecule is COc1ccc(-c2nc(CC(=O)N3CCCC3CC(=O)O)cs2)cc1OC. The Morgan fingerprint density at radius 1 is 1.30 bits per heavy atom. The molecule has 1 aromatic carbocycles. The fourth-order valence-corrected chi connectivity index (χ4v) is 4.14. The maximum atomic E-state index is 12.6. The molecule has 1 amide bonds. The monoisotopic (exact) mass is 390 g/mol. The van der Waals surface area contributed by atoms with Gasteiger partial charge in [0.2, 0.25) is 5.91 Å². The lowest BCUT2D eigenvalue weighted by molar-refractivity contribution is -0.139. The number of amides is 1. The van der Waals surface area contributed by atoms with E-state index in [1.165, 1.54) is 11.3 Å². The van der Waals surface area contributed by atoms with E-state index >= 15 is 0 Å². The van der Waals surface area contributed by atoms with E-state index in [4.69, 9.17) is 14.6 Å². The van der Waals surface area contributed by atoms with Gasteiger partial charge in [-0.25, -0.2) is 4.98 Å². The molecule has 1 aliphatic rings. The molecule has 1 unspecified atom stereocenters. The van der Waals surface area contributed by atoms with Crippen LogP contribution in [0.3, 0.4) is 0 Å². The second-order valence-electron chi connectivity index (χ2n) is 6.37. The second kappa shape index (κ2) is 8.39. The molecule has 8 heteroatoms. The number of aromatic nitrogens is 1. The molecular formula is C19H22N2O5S. The molecule has 144 valence electrons. The average molecular weight is 390 g/mol. The van der Waals surface area contributed by atoms with Crippen molar-refractivity contribution in [3.8, 4) is 22.1 Å². The van der Waals surface area contributed by atoms with Crippen LogP contribution in [-0.2, 0) is 16.0 Å². The number of hydrogen-bond acceptors (Lipinski definition) is 6. The van der Waals surface area contributed by atoms with E-state index in [0.29, 0.717) is 23.7 Å². The molecule has 0 spiro atoms. The first kappa shape index (κ1) is 19.2. The van der Waals surface area contributed by atoms with Gasteiger partial charge in [-0.1, -0.05) is 0 Å². The lowest BCUT2D eigenvalue weighted by atomic mass is 10.1. The summed E-state index contributed by atoms with van der Waals surface area (Å²) in [6, 6.07) is 5.36. The number of rotatable bonds is 7. The summed E-state index contributed by atoms with van der Waals surface area (Å²) in [7, 11) is 3.16. The number of carbonyl (C=O) groups is 2. The summed E-state index contributed by atoms with van der Waals surface area (Å²) in [5.74, 6) is 0.329. The number of carboxylic acid groups (broad SMARTS) is 1. The first-order valence-corrected chi connectivity index (χ1v) is 9.58. The van der Waals surface area contributed by atoms with Gasteiger partial charge in [0.05, 0.1) is 32.8 Å².